The molecule has 0 atom stereocenters. The molecule has 0 spiro atoms. The molecule has 0 aromatic heterocycles. The molecule has 12 nitrogen and oxygen atoms in total. The van der Waals surface area contributed by atoms with E-state index in [1.54, 1.807) is 86.9 Å². The van der Waals surface area contributed by atoms with Gasteiger partial charge in [0.15, 0.2) is 0 Å². The summed E-state index contributed by atoms with van der Waals surface area (Å²) in [7, 11) is 3.27. The highest BCUT2D eigenvalue weighted by Crippen LogP contribution is 2.56. The lowest BCUT2D eigenvalue weighted by atomic mass is 9.72. The van der Waals surface area contributed by atoms with Crippen LogP contribution < -0.4 is 30.7 Å². The third-order valence-corrected chi connectivity index (χ3v) is 19.5. The normalized spacial score (nSPS) is 11.3. The summed E-state index contributed by atoms with van der Waals surface area (Å²) in [6, 6.07) is 63.2. The van der Waals surface area contributed by atoms with Gasteiger partial charge in [-0.3, -0.25) is 19.2 Å². The molecule has 13 rings (SSSR count). The summed E-state index contributed by atoms with van der Waals surface area (Å²) in [6.45, 7) is 37.5. The topological polar surface area (TPSA) is 175 Å². The standard InChI is InChI=1S/C19H19F3O.C17H18O.2C15H15NO2.2C10H13NO.C6H6.C3H8/c1-10-6-14-16(8-12(10)3)23-17-9-13(4)11(2)7-15(17)18(14,5)19(20,21)22;1-10-5-14-9-15-6-11(2)13(4)8-17(15)18-16(14)7-12(10)3;2*1-10-7-8-12(9-11(10)2)15(18)16-13-5-3-4-6-14(13)17;2*1-7-4-5-9(6-8(7)2)10(12)11-3;1-2-4-6-5-3-1;1-3-2/h6-9H,1-5H3;5-8H,9H2,1-4H3;2*3-9,17H,1-2H3,(H,16,18);2*4-6H,1-3H3,(H,11,12);1-6H;3H2,1-2H3. The van der Waals surface area contributed by atoms with E-state index in [1.807, 2.05) is 180 Å². The molecule has 0 saturated carbocycles. The van der Waals surface area contributed by atoms with Crippen molar-refractivity contribution in [1.29, 1.82) is 0 Å². The van der Waals surface area contributed by atoms with Crippen LogP contribution in [0, 0.1) is 111 Å². The molecule has 6 N–H and O–H groups in total. The molecule has 11 aromatic carbocycles. The van der Waals surface area contributed by atoms with E-state index in [0.717, 1.165) is 84.7 Å². The molecule has 0 unspecified atom stereocenters. The lowest BCUT2D eigenvalue weighted by Gasteiger charge is -2.39. The Morgan fingerprint density at radius 3 is 0.864 bits per heavy atom. The molecule has 2 aliphatic rings. The zero-order valence-corrected chi connectivity index (χ0v) is 67.5. The third kappa shape index (κ3) is 23.4. The highest BCUT2D eigenvalue weighted by molar-refractivity contribution is 6.06. The van der Waals surface area contributed by atoms with Gasteiger partial charge in [0.2, 0.25) is 0 Å². The van der Waals surface area contributed by atoms with Crippen LogP contribution in [0.15, 0.2) is 206 Å². The van der Waals surface area contributed by atoms with Crippen molar-refractivity contribution in [3.05, 3.63) is 340 Å². The number of halogens is 3. The lowest BCUT2D eigenvalue weighted by Crippen LogP contribution is -2.42. The molecule has 0 saturated heterocycles. The number of hydrogen-bond donors (Lipinski definition) is 6. The Hall–Kier alpha value is -11.7. The number of anilines is 2. The molecule has 0 aliphatic carbocycles. The second kappa shape index (κ2) is 39.9. The highest BCUT2D eigenvalue weighted by Gasteiger charge is 2.58. The van der Waals surface area contributed by atoms with Crippen molar-refractivity contribution in [1.82, 2.24) is 10.6 Å². The zero-order chi connectivity index (χ0) is 81.5. The van der Waals surface area contributed by atoms with Crippen molar-refractivity contribution in [3.63, 3.8) is 0 Å². The molecule has 0 fully saturated rings. The van der Waals surface area contributed by atoms with Gasteiger partial charge in [0.05, 0.1) is 11.4 Å². The Kier molecular flexibility index (Phi) is 31.7. The number of rotatable bonds is 6. The van der Waals surface area contributed by atoms with E-state index in [1.165, 1.54) is 70.0 Å². The van der Waals surface area contributed by atoms with Gasteiger partial charge in [-0.25, -0.2) is 0 Å². The van der Waals surface area contributed by atoms with Crippen LogP contribution in [0.1, 0.15) is 180 Å². The van der Waals surface area contributed by atoms with E-state index in [2.05, 4.69) is 87.1 Å². The average Bonchev–Trinajstić information content (AvgIpc) is 0.713. The summed E-state index contributed by atoms with van der Waals surface area (Å²) in [5, 5.41) is 29.7. The van der Waals surface area contributed by atoms with E-state index in [0.29, 0.717) is 34.0 Å². The monoisotopic (exact) mass is 1490 g/mol. The first-order chi connectivity index (χ1) is 52.0. The van der Waals surface area contributed by atoms with Crippen LogP contribution in [0.5, 0.6) is 34.5 Å². The van der Waals surface area contributed by atoms with Gasteiger partial charge >= 0.3 is 6.18 Å². The maximum absolute atomic E-state index is 14.1. The summed E-state index contributed by atoms with van der Waals surface area (Å²) in [5.74, 6) is 2.26. The Morgan fingerprint density at radius 1 is 0.345 bits per heavy atom. The van der Waals surface area contributed by atoms with E-state index in [-0.39, 0.29) is 46.3 Å². The number of para-hydroxylation sites is 4. The Balaban J connectivity index is 0.000000204. The number of ether oxygens (including phenoxy) is 2. The van der Waals surface area contributed by atoms with Gasteiger partial charge in [-0.1, -0.05) is 129 Å². The minimum absolute atomic E-state index is 0.0295. The van der Waals surface area contributed by atoms with Crippen LogP contribution >= 0.6 is 0 Å². The summed E-state index contributed by atoms with van der Waals surface area (Å²) >= 11 is 0. The first-order valence-corrected chi connectivity index (χ1v) is 36.7. The number of fused-ring (bicyclic) bond motifs is 4. The van der Waals surface area contributed by atoms with Gasteiger partial charge in [0.1, 0.15) is 39.9 Å². The zero-order valence-electron chi connectivity index (χ0n) is 67.5. The Bertz CT molecular complexity index is 4680. The van der Waals surface area contributed by atoms with Gasteiger partial charge in [-0.15, -0.1) is 0 Å². The minimum atomic E-state index is -4.41. The third-order valence-electron chi connectivity index (χ3n) is 19.5. The predicted octanol–water partition coefficient (Wildman–Crippen LogP) is 23.5. The van der Waals surface area contributed by atoms with Crippen LogP contribution in [0.25, 0.3) is 0 Å². The van der Waals surface area contributed by atoms with Gasteiger partial charge in [0.25, 0.3) is 23.6 Å². The lowest BCUT2D eigenvalue weighted by molar-refractivity contribution is -0.174. The van der Waals surface area contributed by atoms with Crippen molar-refractivity contribution < 1.29 is 52.0 Å². The van der Waals surface area contributed by atoms with E-state index in [9.17, 15) is 42.6 Å². The number of phenols is 2. The molecular formula is C95H107F3N4O8. The molecular weight excluding hydrogens is 1380 g/mol. The molecule has 0 bridgehead atoms. The summed E-state index contributed by atoms with van der Waals surface area (Å²) in [4.78, 5) is 46.3. The van der Waals surface area contributed by atoms with E-state index < -0.39 is 11.6 Å². The number of aromatic hydroxyl groups is 2. The predicted molar refractivity (Wildman–Crippen MR) is 444 cm³/mol. The fraction of sp³-hybridized carbons (Fsp3) is 0.263. The molecule has 2 heterocycles. The molecule has 4 amide bonds. The molecule has 15 heteroatoms. The van der Waals surface area contributed by atoms with Gasteiger partial charge in [0, 0.05) is 53.9 Å². The van der Waals surface area contributed by atoms with Crippen molar-refractivity contribution in [2.45, 2.75) is 156 Å². The quantitative estimate of drug-likeness (QED) is 0.0892. The molecule has 110 heavy (non-hydrogen) atoms. The number of aryl methyl sites for hydroxylation is 16. The maximum Gasteiger partial charge on any atom is 0.402 e. The van der Waals surface area contributed by atoms with Crippen LogP contribution in [0.3, 0.4) is 0 Å². The van der Waals surface area contributed by atoms with Gasteiger partial charge in [-0.2, -0.15) is 13.2 Å². The van der Waals surface area contributed by atoms with Crippen molar-refractivity contribution in [2.24, 2.45) is 0 Å². The number of benzene rings is 11. The molecule has 2 aliphatic heterocycles. The SMILES string of the molecule is CCC.CNC(=O)c1ccc(C)c(C)c1.CNC(=O)c1ccc(C)c(C)c1.Cc1cc2c(cc1C)C(C)(C(F)(F)F)c1cc(C)c(C)cc1O2.Cc1cc2c(cc1C)Oc1cc(C)c(C)cc1C2.Cc1ccc(C(=O)Nc2ccccc2O)cc1C.Cc1ccc(C(=O)Nc2ccccc2O)cc1C.c1ccccc1. The summed E-state index contributed by atoms with van der Waals surface area (Å²) in [5.41, 5.74) is 22.2. The highest BCUT2D eigenvalue weighted by atomic mass is 19.4. The Labute approximate surface area is 649 Å². The number of carbonyl (C=O) groups is 4. The summed E-state index contributed by atoms with van der Waals surface area (Å²) < 4.78 is 54.2. The Morgan fingerprint density at radius 2 is 0.591 bits per heavy atom. The van der Waals surface area contributed by atoms with Crippen molar-refractivity contribution >= 4 is 35.0 Å². The van der Waals surface area contributed by atoms with Crippen LogP contribution in [0.2, 0.25) is 0 Å². The first kappa shape index (κ1) is 87.2. The number of alkyl halides is 3. The molecule has 0 radical (unpaired) electrons. The fourth-order valence-electron chi connectivity index (χ4n) is 11.3. The van der Waals surface area contributed by atoms with Crippen molar-refractivity contribution in [2.75, 3.05) is 24.7 Å². The maximum atomic E-state index is 14.1. The largest absolute Gasteiger partial charge is 0.506 e. The number of amides is 4. The van der Waals surface area contributed by atoms with Gasteiger partial charge in [-0.05, 0) is 315 Å². The van der Waals surface area contributed by atoms with E-state index in [4.69, 9.17) is 9.47 Å². The van der Waals surface area contributed by atoms with Crippen LogP contribution in [-0.2, 0) is 11.8 Å². The number of phenolic OH excluding ortho intramolecular Hbond substituents is 2. The van der Waals surface area contributed by atoms with Crippen LogP contribution in [0.4, 0.5) is 24.5 Å². The van der Waals surface area contributed by atoms with Gasteiger partial charge < -0.3 is 41.0 Å². The number of hydrogen-bond acceptors (Lipinski definition) is 8. The number of nitrogens with one attached hydrogen (secondary N) is 4. The minimum Gasteiger partial charge on any atom is -0.506 e. The summed E-state index contributed by atoms with van der Waals surface area (Å²) in [6.07, 6.45) is -2.18. The number of carbonyl (C=O) groups excluding carboxylic acids is 4. The first-order valence-electron chi connectivity index (χ1n) is 36.7. The second-order valence-corrected chi connectivity index (χ2v) is 28.1. The fourth-order valence-corrected chi connectivity index (χ4v) is 11.3. The van der Waals surface area contributed by atoms with E-state index >= 15 is 0 Å². The smallest absolute Gasteiger partial charge is 0.402 e. The second-order valence-electron chi connectivity index (χ2n) is 28.1. The molecule has 576 valence electrons. The average molecular weight is 1490 g/mol. The van der Waals surface area contributed by atoms with Crippen LogP contribution in [-0.4, -0.2) is 54.1 Å². The van der Waals surface area contributed by atoms with Crippen molar-refractivity contribution in [3.8, 4) is 34.5 Å². The molecule has 11 aromatic rings.